The Kier molecular flexibility index (Phi) is 4.01. The van der Waals surface area contributed by atoms with E-state index in [9.17, 15) is 15.6 Å². The second-order valence-electron chi connectivity index (χ2n) is 6.56. The second kappa shape index (κ2) is 5.41. The van der Waals surface area contributed by atoms with E-state index in [0.29, 0.717) is 0 Å². The van der Waals surface area contributed by atoms with Crippen molar-refractivity contribution >= 4 is 5.69 Å². The first-order valence-corrected chi connectivity index (χ1v) is 7.75. The summed E-state index contributed by atoms with van der Waals surface area (Å²) in [5.41, 5.74) is 1.70. The summed E-state index contributed by atoms with van der Waals surface area (Å²) >= 11 is 0. The van der Waals surface area contributed by atoms with Crippen LogP contribution in [0.5, 0.6) is 0 Å². The molecule has 1 aromatic rings. The molecule has 4 nitrogen and oxygen atoms in total. The van der Waals surface area contributed by atoms with Crippen LogP contribution in [0.25, 0.3) is 0 Å². The minimum absolute atomic E-state index is 0.171. The van der Waals surface area contributed by atoms with Crippen molar-refractivity contribution in [2.75, 3.05) is 4.90 Å². The lowest BCUT2D eigenvalue weighted by Gasteiger charge is -2.55. The number of benzene rings is 1. The zero-order chi connectivity index (χ0) is 17.6. The molecular weight excluding hydrogens is 286 g/mol. The van der Waals surface area contributed by atoms with E-state index in [0.717, 1.165) is 22.4 Å². The molecule has 0 radical (unpaired) electrons. The Morgan fingerprint density at radius 2 is 1.96 bits per heavy atom. The summed E-state index contributed by atoms with van der Waals surface area (Å²) in [5.74, 6) is -0.171. The Labute approximate surface area is 138 Å². The molecule has 4 unspecified atom stereocenters. The van der Waals surface area contributed by atoms with Crippen molar-refractivity contribution < 1.29 is 5.11 Å². The van der Waals surface area contributed by atoms with Gasteiger partial charge in [0.25, 0.3) is 0 Å². The summed E-state index contributed by atoms with van der Waals surface area (Å²) in [6.45, 7) is 13.2. The summed E-state index contributed by atoms with van der Waals surface area (Å²) in [4.78, 5) is 1.63. The van der Waals surface area contributed by atoms with Gasteiger partial charge in [-0.15, -0.1) is 0 Å². The molecule has 0 saturated carbocycles. The third-order valence-electron chi connectivity index (χ3n) is 5.56. The minimum atomic E-state index is -1.30. The fourth-order valence-electron chi connectivity index (χ4n) is 3.84. The maximum absolute atomic E-state index is 10.4. The van der Waals surface area contributed by atoms with Gasteiger partial charge in [-0.25, -0.2) is 0 Å². The molecular formula is C19H23N3O. The quantitative estimate of drug-likeness (QED) is 0.848. The van der Waals surface area contributed by atoms with Crippen molar-refractivity contribution in [2.24, 2.45) is 5.41 Å². The smallest absolute Gasteiger partial charge is 0.167 e. The fraction of sp³-hybridized carbons (Fsp3) is 0.474. The van der Waals surface area contributed by atoms with Crippen LogP contribution in [-0.2, 0) is 0 Å². The first-order chi connectivity index (χ1) is 10.7. The molecule has 1 heterocycles. The van der Waals surface area contributed by atoms with Gasteiger partial charge in [0.1, 0.15) is 11.6 Å². The number of nitriles is 2. The van der Waals surface area contributed by atoms with Gasteiger partial charge >= 0.3 is 0 Å². The van der Waals surface area contributed by atoms with Crippen LogP contribution in [0.4, 0.5) is 5.69 Å². The van der Waals surface area contributed by atoms with Crippen molar-refractivity contribution in [3.63, 3.8) is 0 Å². The summed E-state index contributed by atoms with van der Waals surface area (Å²) in [5, 5.41) is 30.3. The molecule has 0 spiro atoms. The van der Waals surface area contributed by atoms with Gasteiger partial charge in [0.05, 0.1) is 12.1 Å². The monoisotopic (exact) mass is 309 g/mol. The number of aliphatic hydroxyl groups excluding tert-OH is 1. The molecule has 1 aromatic carbocycles. The number of rotatable bonds is 2. The van der Waals surface area contributed by atoms with Crippen molar-refractivity contribution in [2.45, 2.75) is 52.3 Å². The number of fused-ring (bicyclic) bond motifs is 1. The molecule has 0 aromatic heterocycles. The van der Waals surface area contributed by atoms with Gasteiger partial charge in [0, 0.05) is 11.6 Å². The average Bonchev–Trinajstić information content (AvgIpc) is 2.53. The van der Waals surface area contributed by atoms with Crippen molar-refractivity contribution in [3.05, 3.63) is 41.5 Å². The maximum Gasteiger partial charge on any atom is 0.167 e. The molecule has 4 atom stereocenters. The number of aryl methyl sites for hydroxylation is 1. The molecule has 120 valence electrons. The van der Waals surface area contributed by atoms with E-state index in [4.69, 9.17) is 0 Å². The molecule has 0 fully saturated rings. The molecule has 0 bridgehead atoms. The Morgan fingerprint density at radius 1 is 1.35 bits per heavy atom. The lowest BCUT2D eigenvalue weighted by molar-refractivity contribution is 0.129. The first-order valence-electron chi connectivity index (χ1n) is 7.75. The Hall–Kier alpha value is -2.30. The van der Waals surface area contributed by atoms with E-state index in [-0.39, 0.29) is 5.92 Å². The highest BCUT2D eigenvalue weighted by Gasteiger charge is 2.60. The third kappa shape index (κ3) is 1.92. The van der Waals surface area contributed by atoms with Gasteiger partial charge in [-0.1, -0.05) is 25.6 Å². The lowest BCUT2D eigenvalue weighted by Crippen LogP contribution is -2.64. The molecule has 1 aliphatic rings. The molecule has 1 N–H and O–H groups in total. The second-order valence-corrected chi connectivity index (χ2v) is 6.56. The number of aliphatic hydroxyl groups is 1. The van der Waals surface area contributed by atoms with Crippen LogP contribution in [0.1, 0.15) is 43.4 Å². The summed E-state index contributed by atoms with van der Waals surface area (Å²) in [7, 11) is 0. The van der Waals surface area contributed by atoms with Crippen LogP contribution >= 0.6 is 0 Å². The standard InChI is InChI=1S/C19H23N3O/c1-7-19(11-21)18(6,10-20)14(4)17-13(3)12(2)8-9-16(17)22(19)15(5)23/h7-9,14-15,23H,1H2,2-6H3. The molecule has 0 aliphatic carbocycles. The minimum Gasteiger partial charge on any atom is -0.374 e. The average molecular weight is 309 g/mol. The van der Waals surface area contributed by atoms with Crippen LogP contribution in [0.2, 0.25) is 0 Å². The van der Waals surface area contributed by atoms with Crippen molar-refractivity contribution in [3.8, 4) is 12.1 Å². The third-order valence-corrected chi connectivity index (χ3v) is 5.56. The highest BCUT2D eigenvalue weighted by molar-refractivity contribution is 5.69. The van der Waals surface area contributed by atoms with Gasteiger partial charge in [-0.2, -0.15) is 10.5 Å². The Bertz CT molecular complexity index is 740. The highest BCUT2D eigenvalue weighted by Crippen LogP contribution is 2.56. The van der Waals surface area contributed by atoms with Crippen molar-refractivity contribution in [1.29, 1.82) is 10.5 Å². The Balaban J connectivity index is 2.99. The molecule has 0 saturated heterocycles. The van der Waals surface area contributed by atoms with Crippen molar-refractivity contribution in [1.82, 2.24) is 0 Å². The van der Waals surface area contributed by atoms with Crippen LogP contribution in [0, 0.1) is 41.9 Å². The largest absolute Gasteiger partial charge is 0.374 e. The van der Waals surface area contributed by atoms with Crippen LogP contribution in [-0.4, -0.2) is 16.9 Å². The zero-order valence-corrected chi connectivity index (χ0v) is 14.4. The first kappa shape index (κ1) is 17.1. The maximum atomic E-state index is 10.4. The van der Waals surface area contributed by atoms with Gasteiger partial charge in [0.15, 0.2) is 5.54 Å². The van der Waals surface area contributed by atoms with E-state index in [1.165, 1.54) is 6.08 Å². The lowest BCUT2D eigenvalue weighted by atomic mass is 9.58. The summed E-state index contributed by atoms with van der Waals surface area (Å²) in [6, 6.07) is 8.53. The number of nitrogens with zero attached hydrogens (tertiary/aromatic N) is 3. The molecule has 0 amide bonds. The SMILES string of the molecule is C=CC1(C#N)N(C(C)O)c2ccc(C)c(C)c2C(C)C1(C)C#N. The predicted octanol–water partition coefficient (Wildman–Crippen LogP) is 3.54. The van der Waals surface area contributed by atoms with Gasteiger partial charge < -0.3 is 10.0 Å². The molecule has 1 aliphatic heterocycles. The summed E-state index contributed by atoms with van der Waals surface area (Å²) < 4.78 is 0. The molecule has 23 heavy (non-hydrogen) atoms. The van der Waals surface area contributed by atoms with E-state index in [1.54, 1.807) is 18.7 Å². The van der Waals surface area contributed by atoms with E-state index in [1.807, 2.05) is 32.9 Å². The van der Waals surface area contributed by atoms with Gasteiger partial charge in [0.2, 0.25) is 0 Å². The number of hydrogen-bond acceptors (Lipinski definition) is 4. The molecule has 4 heteroatoms. The number of anilines is 1. The Morgan fingerprint density at radius 3 is 2.39 bits per heavy atom. The fourth-order valence-corrected chi connectivity index (χ4v) is 3.84. The van der Waals surface area contributed by atoms with Gasteiger partial charge in [-0.3, -0.25) is 0 Å². The highest BCUT2D eigenvalue weighted by atomic mass is 16.3. The molecule has 2 rings (SSSR count). The normalized spacial score (nSPS) is 30.8. The van der Waals surface area contributed by atoms with Crippen LogP contribution in [0.3, 0.4) is 0 Å². The topological polar surface area (TPSA) is 71.1 Å². The number of hydrogen-bond donors (Lipinski definition) is 1. The van der Waals surface area contributed by atoms with E-state index >= 15 is 0 Å². The van der Waals surface area contributed by atoms with E-state index < -0.39 is 17.2 Å². The van der Waals surface area contributed by atoms with Crippen LogP contribution < -0.4 is 4.90 Å². The van der Waals surface area contributed by atoms with E-state index in [2.05, 4.69) is 18.7 Å². The predicted molar refractivity (Wildman–Crippen MR) is 90.8 cm³/mol. The summed E-state index contributed by atoms with van der Waals surface area (Å²) in [6.07, 6.45) is 0.575. The van der Waals surface area contributed by atoms with Gasteiger partial charge in [-0.05, 0) is 50.5 Å². The van der Waals surface area contributed by atoms with Crippen LogP contribution in [0.15, 0.2) is 24.8 Å². The zero-order valence-electron chi connectivity index (χ0n) is 14.4.